The summed E-state index contributed by atoms with van der Waals surface area (Å²) in [5.74, 6) is -1.07. The highest BCUT2D eigenvalue weighted by Crippen LogP contribution is 2.34. The molecule has 0 aliphatic carbocycles. The van der Waals surface area contributed by atoms with Crippen LogP contribution in [-0.2, 0) is 11.3 Å². The highest BCUT2D eigenvalue weighted by Gasteiger charge is 2.35. The van der Waals surface area contributed by atoms with Crippen LogP contribution in [0.1, 0.15) is 16.7 Å². The van der Waals surface area contributed by atoms with Crippen molar-refractivity contribution >= 4 is 40.6 Å². The Morgan fingerprint density at radius 3 is 2.56 bits per heavy atom. The number of carbonyl (C=O) groups is 2. The van der Waals surface area contributed by atoms with E-state index >= 15 is 0 Å². The average Bonchev–Trinajstić information content (AvgIpc) is 2.86. The largest absolute Gasteiger partial charge is 0.293 e. The van der Waals surface area contributed by atoms with Crippen molar-refractivity contribution in [3.63, 3.8) is 0 Å². The van der Waals surface area contributed by atoms with Crippen molar-refractivity contribution in [2.24, 2.45) is 0 Å². The first kappa shape index (κ1) is 17.2. The summed E-state index contributed by atoms with van der Waals surface area (Å²) in [5.41, 5.74) is 1.29. The number of halogens is 2. The summed E-state index contributed by atoms with van der Waals surface area (Å²) >= 11 is 6.75. The molecule has 0 saturated carbocycles. The van der Waals surface area contributed by atoms with Gasteiger partial charge in [0.15, 0.2) is 0 Å². The Morgan fingerprint density at radius 1 is 1.20 bits per heavy atom. The molecular formula is C18H10ClFN2O2S. The standard InChI is InChI=1S/C18H10ClFN2O2S/c19-14-2-1-3-15(20)13(14)10-22-17(23)16(25-18(22)24)8-11-4-6-12(9-21)7-5-11/h1-8H,10H2/b16-8+. The molecule has 2 aromatic rings. The minimum Gasteiger partial charge on any atom is -0.268 e. The van der Waals surface area contributed by atoms with E-state index in [-0.39, 0.29) is 22.0 Å². The van der Waals surface area contributed by atoms with Crippen molar-refractivity contribution in [1.82, 2.24) is 4.90 Å². The molecule has 124 valence electrons. The number of nitrogens with zero attached hydrogens (tertiary/aromatic N) is 2. The molecule has 25 heavy (non-hydrogen) atoms. The molecule has 1 fully saturated rings. The number of imide groups is 1. The number of hydrogen-bond donors (Lipinski definition) is 0. The van der Waals surface area contributed by atoms with Gasteiger partial charge < -0.3 is 0 Å². The number of hydrogen-bond acceptors (Lipinski definition) is 4. The topological polar surface area (TPSA) is 61.2 Å². The van der Waals surface area contributed by atoms with Gasteiger partial charge in [0.25, 0.3) is 11.1 Å². The number of amides is 2. The molecule has 1 aliphatic heterocycles. The van der Waals surface area contributed by atoms with Gasteiger partial charge in [0.1, 0.15) is 5.82 Å². The van der Waals surface area contributed by atoms with Gasteiger partial charge in [-0.25, -0.2) is 4.39 Å². The van der Waals surface area contributed by atoms with Crippen molar-refractivity contribution < 1.29 is 14.0 Å². The molecule has 0 radical (unpaired) electrons. The molecule has 4 nitrogen and oxygen atoms in total. The zero-order valence-corrected chi connectivity index (χ0v) is 14.3. The van der Waals surface area contributed by atoms with Crippen molar-refractivity contribution in [1.29, 1.82) is 5.26 Å². The minimum atomic E-state index is -0.567. The summed E-state index contributed by atoms with van der Waals surface area (Å²) in [7, 11) is 0. The monoisotopic (exact) mass is 372 g/mol. The van der Waals surface area contributed by atoms with Crippen LogP contribution in [-0.4, -0.2) is 16.0 Å². The van der Waals surface area contributed by atoms with Crippen LogP contribution in [0.3, 0.4) is 0 Å². The first-order chi connectivity index (χ1) is 12.0. The molecule has 0 atom stereocenters. The van der Waals surface area contributed by atoms with Gasteiger partial charge in [0.05, 0.1) is 23.1 Å². The number of nitriles is 1. The molecule has 3 rings (SSSR count). The fraction of sp³-hybridized carbons (Fsp3) is 0.0556. The second-order valence-corrected chi connectivity index (χ2v) is 6.60. The summed E-state index contributed by atoms with van der Waals surface area (Å²) in [6.45, 7) is -0.221. The SMILES string of the molecule is N#Cc1ccc(/C=C2/SC(=O)N(Cc3c(F)cccc3Cl)C2=O)cc1. The summed E-state index contributed by atoms with van der Waals surface area (Å²) in [5, 5.41) is 8.47. The van der Waals surface area contributed by atoms with Crippen molar-refractivity contribution in [3.8, 4) is 6.07 Å². The van der Waals surface area contributed by atoms with Crippen LogP contribution in [0.25, 0.3) is 6.08 Å². The van der Waals surface area contributed by atoms with Gasteiger partial charge in [-0.2, -0.15) is 5.26 Å². The van der Waals surface area contributed by atoms with Crippen molar-refractivity contribution in [2.45, 2.75) is 6.54 Å². The lowest BCUT2D eigenvalue weighted by Crippen LogP contribution is -2.28. The lowest BCUT2D eigenvalue weighted by molar-refractivity contribution is -0.123. The highest BCUT2D eigenvalue weighted by atomic mass is 35.5. The Kier molecular flexibility index (Phi) is 4.88. The maximum atomic E-state index is 13.9. The van der Waals surface area contributed by atoms with Crippen LogP contribution in [0.5, 0.6) is 0 Å². The Balaban J connectivity index is 1.85. The maximum absolute atomic E-state index is 13.9. The van der Waals surface area contributed by atoms with E-state index < -0.39 is 17.0 Å². The number of benzene rings is 2. The molecule has 2 amide bonds. The smallest absolute Gasteiger partial charge is 0.268 e. The first-order valence-electron chi connectivity index (χ1n) is 7.18. The van der Waals surface area contributed by atoms with Gasteiger partial charge in [-0.1, -0.05) is 29.8 Å². The molecule has 1 heterocycles. The third-order valence-corrected chi connectivity index (χ3v) is 4.85. The van der Waals surface area contributed by atoms with E-state index in [9.17, 15) is 14.0 Å². The second-order valence-electron chi connectivity index (χ2n) is 5.20. The van der Waals surface area contributed by atoms with E-state index in [0.717, 1.165) is 16.7 Å². The molecule has 1 saturated heterocycles. The van der Waals surface area contributed by atoms with Crippen LogP contribution in [0.4, 0.5) is 9.18 Å². The molecule has 0 bridgehead atoms. The van der Waals surface area contributed by atoms with Crippen molar-refractivity contribution in [3.05, 3.63) is 74.9 Å². The molecule has 0 spiro atoms. The summed E-state index contributed by atoms with van der Waals surface area (Å²) in [6, 6.07) is 12.8. The summed E-state index contributed by atoms with van der Waals surface area (Å²) < 4.78 is 13.9. The Bertz CT molecular complexity index is 915. The van der Waals surface area contributed by atoms with Gasteiger partial charge >= 0.3 is 0 Å². The lowest BCUT2D eigenvalue weighted by atomic mass is 10.1. The minimum absolute atomic E-state index is 0.103. The van der Waals surface area contributed by atoms with Crippen LogP contribution in [0.15, 0.2) is 47.4 Å². The van der Waals surface area contributed by atoms with Gasteiger partial charge in [-0.15, -0.1) is 0 Å². The van der Waals surface area contributed by atoms with Gasteiger partial charge in [0, 0.05) is 10.6 Å². The predicted molar refractivity (Wildman–Crippen MR) is 94.1 cm³/mol. The van der Waals surface area contributed by atoms with Crippen LogP contribution >= 0.6 is 23.4 Å². The maximum Gasteiger partial charge on any atom is 0.293 e. The number of thioether (sulfide) groups is 1. The average molecular weight is 373 g/mol. The molecule has 0 unspecified atom stereocenters. The number of rotatable bonds is 3. The third kappa shape index (κ3) is 3.58. The highest BCUT2D eigenvalue weighted by molar-refractivity contribution is 8.18. The fourth-order valence-corrected chi connectivity index (χ4v) is 3.34. The van der Waals surface area contributed by atoms with Crippen LogP contribution < -0.4 is 0 Å². The fourth-order valence-electron chi connectivity index (χ4n) is 2.28. The van der Waals surface area contributed by atoms with E-state index in [4.69, 9.17) is 16.9 Å². The zero-order valence-electron chi connectivity index (χ0n) is 12.7. The van der Waals surface area contributed by atoms with E-state index in [2.05, 4.69) is 0 Å². The van der Waals surface area contributed by atoms with Crippen LogP contribution in [0.2, 0.25) is 5.02 Å². The molecule has 0 N–H and O–H groups in total. The normalized spacial score (nSPS) is 15.7. The quantitative estimate of drug-likeness (QED) is 0.739. The summed E-state index contributed by atoms with van der Waals surface area (Å²) in [6.07, 6.45) is 1.56. The third-order valence-electron chi connectivity index (χ3n) is 3.59. The molecule has 7 heteroatoms. The van der Waals surface area contributed by atoms with E-state index in [0.29, 0.717) is 11.1 Å². The Labute approximate surface area is 152 Å². The lowest BCUT2D eigenvalue weighted by Gasteiger charge is -2.14. The van der Waals surface area contributed by atoms with Crippen molar-refractivity contribution in [2.75, 3.05) is 0 Å². The molecular weight excluding hydrogens is 363 g/mol. The Morgan fingerprint density at radius 2 is 1.92 bits per heavy atom. The molecule has 0 aromatic heterocycles. The summed E-state index contributed by atoms with van der Waals surface area (Å²) in [4.78, 5) is 25.8. The van der Waals surface area contributed by atoms with E-state index in [1.165, 1.54) is 18.2 Å². The van der Waals surface area contributed by atoms with Gasteiger partial charge in [-0.3, -0.25) is 14.5 Å². The Hall–Kier alpha value is -2.62. The molecule has 2 aromatic carbocycles. The van der Waals surface area contributed by atoms with Crippen LogP contribution in [0, 0.1) is 17.1 Å². The van der Waals surface area contributed by atoms with E-state index in [1.807, 2.05) is 6.07 Å². The molecule has 1 aliphatic rings. The predicted octanol–water partition coefficient (Wildman–Crippen LogP) is 4.59. The first-order valence-corrected chi connectivity index (χ1v) is 8.37. The number of carbonyl (C=O) groups excluding carboxylic acids is 2. The van der Waals surface area contributed by atoms with Gasteiger partial charge in [-0.05, 0) is 47.7 Å². The second kappa shape index (κ2) is 7.09. The van der Waals surface area contributed by atoms with Gasteiger partial charge in [0.2, 0.25) is 0 Å². The zero-order chi connectivity index (χ0) is 18.0. The van der Waals surface area contributed by atoms with E-state index in [1.54, 1.807) is 30.3 Å².